The fraction of sp³-hybridized carbons (Fsp3) is 0.294. The van der Waals surface area contributed by atoms with Gasteiger partial charge in [-0.15, -0.1) is 0 Å². The lowest BCUT2D eigenvalue weighted by Gasteiger charge is -2.18. The molecule has 0 saturated carbocycles. The summed E-state index contributed by atoms with van der Waals surface area (Å²) < 4.78 is 24.1. The Bertz CT molecular complexity index is 542. The molecule has 22 heavy (non-hydrogen) atoms. The van der Waals surface area contributed by atoms with Crippen molar-refractivity contribution in [2.75, 3.05) is 12.7 Å². The van der Waals surface area contributed by atoms with E-state index in [0.717, 1.165) is 11.1 Å². The molecule has 0 heterocycles. The predicted molar refractivity (Wildman–Crippen MR) is 88.6 cm³/mol. The van der Waals surface area contributed by atoms with Gasteiger partial charge in [0, 0.05) is 0 Å². The van der Waals surface area contributed by atoms with Crippen LogP contribution in [0, 0.1) is 0 Å². The molecule has 2 N–H and O–H groups in total. The monoisotopic (exact) mass is 319 g/mol. The maximum Gasteiger partial charge on any atom is 0.331 e. The van der Waals surface area contributed by atoms with Gasteiger partial charge in [-0.1, -0.05) is 60.7 Å². The van der Waals surface area contributed by atoms with Crippen LogP contribution in [0.15, 0.2) is 60.7 Å². The molecule has 0 saturated heterocycles. The SMILES string of the molecule is NCCCP(=O)(OCc1ccccc1)OCc1ccccc1. The Morgan fingerprint density at radius 1 is 0.818 bits per heavy atom. The zero-order valence-corrected chi connectivity index (χ0v) is 13.5. The molecule has 0 atom stereocenters. The third-order valence-corrected chi connectivity index (χ3v) is 5.09. The van der Waals surface area contributed by atoms with Crippen molar-refractivity contribution in [1.29, 1.82) is 0 Å². The second-order valence-corrected chi connectivity index (χ2v) is 7.18. The van der Waals surface area contributed by atoms with Crippen LogP contribution in [0.4, 0.5) is 0 Å². The Balaban J connectivity index is 1.95. The normalized spacial score (nSPS) is 11.5. The van der Waals surface area contributed by atoms with E-state index in [4.69, 9.17) is 14.8 Å². The lowest BCUT2D eigenvalue weighted by atomic mass is 10.2. The van der Waals surface area contributed by atoms with Crippen molar-refractivity contribution >= 4 is 7.60 Å². The summed E-state index contributed by atoms with van der Waals surface area (Å²) in [6, 6.07) is 19.3. The van der Waals surface area contributed by atoms with E-state index in [0.29, 0.717) is 19.1 Å². The minimum absolute atomic E-state index is 0.275. The second-order valence-electron chi connectivity index (χ2n) is 4.99. The number of benzene rings is 2. The number of nitrogens with two attached hydrogens (primary N) is 1. The quantitative estimate of drug-likeness (QED) is 0.711. The Kier molecular flexibility index (Phi) is 6.81. The molecule has 0 aliphatic carbocycles. The third-order valence-electron chi connectivity index (χ3n) is 3.18. The largest absolute Gasteiger partial charge is 0.331 e. The molecule has 2 aromatic rings. The molecule has 0 fully saturated rings. The number of hydrogen-bond acceptors (Lipinski definition) is 4. The van der Waals surface area contributed by atoms with Crippen LogP contribution in [0.5, 0.6) is 0 Å². The summed E-state index contributed by atoms with van der Waals surface area (Å²) in [6.45, 7) is 1.02. The molecular weight excluding hydrogens is 297 g/mol. The molecule has 0 unspecified atom stereocenters. The highest BCUT2D eigenvalue weighted by Gasteiger charge is 2.24. The Morgan fingerprint density at radius 3 is 1.68 bits per heavy atom. The molecule has 0 amide bonds. The van der Waals surface area contributed by atoms with Gasteiger partial charge in [-0.25, -0.2) is 0 Å². The molecule has 0 aromatic heterocycles. The molecule has 2 aromatic carbocycles. The molecule has 0 aliphatic rings. The summed E-state index contributed by atoms with van der Waals surface area (Å²) in [5, 5.41) is 0. The first-order chi connectivity index (χ1) is 10.7. The van der Waals surface area contributed by atoms with Crippen molar-refractivity contribution in [1.82, 2.24) is 0 Å². The molecule has 0 radical (unpaired) electrons. The number of rotatable bonds is 9. The van der Waals surface area contributed by atoms with Gasteiger partial charge in [-0.2, -0.15) is 0 Å². The van der Waals surface area contributed by atoms with Gasteiger partial charge in [0.15, 0.2) is 0 Å². The van der Waals surface area contributed by atoms with Crippen molar-refractivity contribution in [3.63, 3.8) is 0 Å². The van der Waals surface area contributed by atoms with Crippen LogP contribution in [0.1, 0.15) is 17.5 Å². The molecular formula is C17H22NO3P. The lowest BCUT2D eigenvalue weighted by Crippen LogP contribution is -2.06. The maximum atomic E-state index is 12.8. The van der Waals surface area contributed by atoms with Crippen molar-refractivity contribution in [2.24, 2.45) is 5.73 Å². The van der Waals surface area contributed by atoms with Crippen LogP contribution in [0.3, 0.4) is 0 Å². The van der Waals surface area contributed by atoms with Gasteiger partial charge in [-0.05, 0) is 24.1 Å². The van der Waals surface area contributed by atoms with E-state index in [9.17, 15) is 4.57 Å². The average Bonchev–Trinajstić information content (AvgIpc) is 2.59. The summed E-state index contributed by atoms with van der Waals surface area (Å²) in [7, 11) is -3.15. The fourth-order valence-electron chi connectivity index (χ4n) is 1.95. The molecule has 2 rings (SSSR count). The first kappa shape index (κ1) is 16.9. The zero-order chi connectivity index (χ0) is 15.7. The zero-order valence-electron chi connectivity index (χ0n) is 12.6. The van der Waals surface area contributed by atoms with E-state index in [1.54, 1.807) is 0 Å². The van der Waals surface area contributed by atoms with Crippen LogP contribution in [-0.2, 0) is 26.8 Å². The Labute approximate surface area is 131 Å². The summed E-state index contributed by atoms with van der Waals surface area (Å²) in [5.41, 5.74) is 7.46. The average molecular weight is 319 g/mol. The molecule has 0 aliphatic heterocycles. The van der Waals surface area contributed by atoms with Crippen molar-refractivity contribution in [3.05, 3.63) is 71.8 Å². The van der Waals surface area contributed by atoms with Crippen molar-refractivity contribution in [3.8, 4) is 0 Å². The van der Waals surface area contributed by atoms with Gasteiger partial charge in [0.2, 0.25) is 0 Å². The highest BCUT2D eigenvalue weighted by Crippen LogP contribution is 2.50. The van der Waals surface area contributed by atoms with E-state index in [-0.39, 0.29) is 13.2 Å². The standard InChI is InChI=1S/C17H22NO3P/c18-12-7-13-22(19,20-14-16-8-3-1-4-9-16)21-15-17-10-5-2-6-11-17/h1-6,8-11H,7,12-15,18H2. The van der Waals surface area contributed by atoms with E-state index >= 15 is 0 Å². The van der Waals surface area contributed by atoms with E-state index in [1.807, 2.05) is 60.7 Å². The first-order valence-corrected chi connectivity index (χ1v) is 9.11. The first-order valence-electron chi connectivity index (χ1n) is 7.38. The minimum atomic E-state index is -3.15. The highest BCUT2D eigenvalue weighted by molar-refractivity contribution is 7.53. The predicted octanol–water partition coefficient (Wildman–Crippen LogP) is 3.96. The van der Waals surface area contributed by atoms with Crippen LogP contribution < -0.4 is 5.73 Å². The highest BCUT2D eigenvalue weighted by atomic mass is 31.2. The van der Waals surface area contributed by atoms with Crippen molar-refractivity contribution < 1.29 is 13.6 Å². The second kappa shape index (κ2) is 8.86. The lowest BCUT2D eigenvalue weighted by molar-refractivity contribution is 0.191. The molecule has 4 nitrogen and oxygen atoms in total. The van der Waals surface area contributed by atoms with Crippen LogP contribution >= 0.6 is 7.60 Å². The van der Waals surface area contributed by atoms with Crippen LogP contribution in [0.25, 0.3) is 0 Å². The third kappa shape index (κ3) is 5.74. The van der Waals surface area contributed by atoms with E-state index in [1.165, 1.54) is 0 Å². The molecule has 5 heteroatoms. The smallest absolute Gasteiger partial charge is 0.330 e. The van der Waals surface area contributed by atoms with Gasteiger partial charge in [0.25, 0.3) is 0 Å². The van der Waals surface area contributed by atoms with E-state index < -0.39 is 7.60 Å². The molecule has 0 bridgehead atoms. The van der Waals surface area contributed by atoms with Gasteiger partial charge in [0.05, 0.1) is 19.4 Å². The minimum Gasteiger partial charge on any atom is -0.330 e. The van der Waals surface area contributed by atoms with Gasteiger partial charge < -0.3 is 14.8 Å². The molecule has 0 spiro atoms. The van der Waals surface area contributed by atoms with Gasteiger partial charge >= 0.3 is 7.60 Å². The van der Waals surface area contributed by atoms with Crippen LogP contribution in [-0.4, -0.2) is 12.7 Å². The topological polar surface area (TPSA) is 61.6 Å². The summed E-state index contributed by atoms with van der Waals surface area (Å²) >= 11 is 0. The maximum absolute atomic E-state index is 12.8. The summed E-state index contributed by atoms with van der Waals surface area (Å²) in [6.07, 6.45) is 0.948. The van der Waals surface area contributed by atoms with Crippen LogP contribution in [0.2, 0.25) is 0 Å². The van der Waals surface area contributed by atoms with Gasteiger partial charge in [-0.3, -0.25) is 4.57 Å². The van der Waals surface area contributed by atoms with E-state index in [2.05, 4.69) is 0 Å². The summed E-state index contributed by atoms with van der Waals surface area (Å²) in [5.74, 6) is 0. The van der Waals surface area contributed by atoms with Gasteiger partial charge in [0.1, 0.15) is 0 Å². The Morgan fingerprint density at radius 2 is 1.27 bits per heavy atom. The number of hydrogen-bond donors (Lipinski definition) is 1. The Hall–Kier alpha value is -1.45. The molecule has 118 valence electrons. The van der Waals surface area contributed by atoms with Crippen molar-refractivity contribution in [2.45, 2.75) is 19.6 Å². The fourth-order valence-corrected chi connectivity index (χ4v) is 3.54. The summed E-state index contributed by atoms with van der Waals surface area (Å²) in [4.78, 5) is 0.